The smallest absolute Gasteiger partial charge is 0.261 e. The Morgan fingerprint density at radius 2 is 1.91 bits per heavy atom. The summed E-state index contributed by atoms with van der Waals surface area (Å²) in [7, 11) is -2.42. The molecule has 1 amide bonds. The van der Waals surface area contributed by atoms with E-state index >= 15 is 0 Å². The van der Waals surface area contributed by atoms with Crippen molar-refractivity contribution >= 4 is 32.7 Å². The highest BCUT2D eigenvalue weighted by Crippen LogP contribution is 2.30. The molecule has 35 heavy (non-hydrogen) atoms. The zero-order valence-corrected chi connectivity index (χ0v) is 19.6. The number of ether oxygens (including phenoxy) is 1. The molecule has 2 N–H and O–H groups in total. The van der Waals surface area contributed by atoms with E-state index in [1.807, 2.05) is 0 Å². The molecule has 0 aliphatic carbocycles. The number of amides is 1. The van der Waals surface area contributed by atoms with Crippen LogP contribution in [0.1, 0.15) is 23.2 Å². The molecule has 4 aromatic rings. The Morgan fingerprint density at radius 3 is 2.69 bits per heavy atom. The molecule has 0 saturated carbocycles. The summed E-state index contributed by atoms with van der Waals surface area (Å²) in [6, 6.07) is 11.2. The third-order valence-electron chi connectivity index (χ3n) is 5.86. The number of hydrogen-bond acceptors (Lipinski definition) is 7. The largest absolute Gasteiger partial charge is 0.495 e. The first-order chi connectivity index (χ1) is 16.9. The van der Waals surface area contributed by atoms with Crippen molar-refractivity contribution in [3.05, 3.63) is 70.9 Å². The lowest BCUT2D eigenvalue weighted by Gasteiger charge is -2.18. The van der Waals surface area contributed by atoms with Crippen molar-refractivity contribution in [2.45, 2.75) is 17.7 Å². The summed E-state index contributed by atoms with van der Waals surface area (Å²) in [6.07, 6.45) is 4.27. The van der Waals surface area contributed by atoms with E-state index in [2.05, 4.69) is 20.4 Å². The summed E-state index contributed by atoms with van der Waals surface area (Å²) in [5.74, 6) is -0.339. The number of rotatable bonds is 6. The summed E-state index contributed by atoms with van der Waals surface area (Å²) >= 11 is 0. The van der Waals surface area contributed by atoms with Gasteiger partial charge in [0.05, 0.1) is 31.0 Å². The number of hydrogen-bond donors (Lipinski definition) is 2. The fraction of sp³-hybridized carbons (Fsp3) is 0.217. The monoisotopic (exact) mass is 494 g/mol. The molecule has 1 aliphatic heterocycles. The molecule has 1 saturated heterocycles. The molecular weight excluding hydrogens is 472 g/mol. The topological polar surface area (TPSA) is 139 Å². The molecule has 1 aliphatic rings. The number of anilines is 1. The third kappa shape index (κ3) is 4.06. The summed E-state index contributed by atoms with van der Waals surface area (Å²) in [4.78, 5) is 31.9. The maximum absolute atomic E-state index is 13.2. The molecule has 0 bridgehead atoms. The van der Waals surface area contributed by atoms with Gasteiger partial charge < -0.3 is 15.0 Å². The third-order valence-corrected chi connectivity index (χ3v) is 7.78. The van der Waals surface area contributed by atoms with Gasteiger partial charge in [-0.3, -0.25) is 9.59 Å². The van der Waals surface area contributed by atoms with Crippen molar-refractivity contribution in [3.8, 4) is 11.4 Å². The minimum Gasteiger partial charge on any atom is -0.495 e. The number of aromatic amines is 1. The molecule has 0 unspecified atom stereocenters. The Hall–Kier alpha value is -4.03. The summed E-state index contributed by atoms with van der Waals surface area (Å²) in [5.41, 5.74) is 1.06. The van der Waals surface area contributed by atoms with E-state index in [-0.39, 0.29) is 21.8 Å². The number of nitrogens with zero attached hydrogens (tertiary/aromatic N) is 4. The van der Waals surface area contributed by atoms with Crippen molar-refractivity contribution in [2.75, 3.05) is 25.5 Å². The van der Waals surface area contributed by atoms with Crippen LogP contribution in [-0.2, 0) is 10.0 Å². The molecule has 0 radical (unpaired) electrons. The Balaban J connectivity index is 1.51. The maximum atomic E-state index is 13.2. The zero-order chi connectivity index (χ0) is 24.6. The van der Waals surface area contributed by atoms with Crippen LogP contribution in [-0.4, -0.2) is 58.6 Å². The maximum Gasteiger partial charge on any atom is 0.261 e. The number of nitrogens with one attached hydrogen (secondary N) is 2. The molecule has 2 aromatic carbocycles. The van der Waals surface area contributed by atoms with Crippen LogP contribution in [0.25, 0.3) is 16.7 Å². The lowest BCUT2D eigenvalue weighted by Crippen LogP contribution is -2.28. The van der Waals surface area contributed by atoms with E-state index in [4.69, 9.17) is 4.74 Å². The van der Waals surface area contributed by atoms with Crippen molar-refractivity contribution < 1.29 is 17.9 Å². The second-order valence-electron chi connectivity index (χ2n) is 7.97. The average molecular weight is 495 g/mol. The normalized spacial score (nSPS) is 14.3. The van der Waals surface area contributed by atoms with Gasteiger partial charge in [0.1, 0.15) is 16.0 Å². The Kier molecular flexibility index (Phi) is 5.83. The number of para-hydroxylation sites is 2. The Morgan fingerprint density at radius 1 is 1.14 bits per heavy atom. The van der Waals surface area contributed by atoms with Gasteiger partial charge in [-0.25, -0.2) is 18.1 Å². The molecule has 12 heteroatoms. The molecule has 2 aromatic heterocycles. The predicted molar refractivity (Wildman–Crippen MR) is 128 cm³/mol. The van der Waals surface area contributed by atoms with Gasteiger partial charge in [-0.1, -0.05) is 12.1 Å². The van der Waals surface area contributed by atoms with Gasteiger partial charge in [0.2, 0.25) is 10.0 Å². The number of H-pyrrole nitrogens is 1. The summed E-state index contributed by atoms with van der Waals surface area (Å²) in [6.45, 7) is 0.869. The second-order valence-corrected chi connectivity index (χ2v) is 9.88. The van der Waals surface area contributed by atoms with Crippen LogP contribution in [0.15, 0.2) is 64.7 Å². The number of carbonyl (C=O) groups excluding carboxylic acids is 1. The Labute approximate surface area is 200 Å². The van der Waals surface area contributed by atoms with Crippen LogP contribution in [0.2, 0.25) is 0 Å². The molecule has 11 nitrogen and oxygen atoms in total. The molecule has 3 heterocycles. The molecule has 0 spiro atoms. The van der Waals surface area contributed by atoms with E-state index < -0.39 is 15.9 Å². The number of sulfonamides is 1. The number of methoxy groups -OCH3 is 1. The highest BCUT2D eigenvalue weighted by Gasteiger charge is 2.30. The average Bonchev–Trinajstić information content (AvgIpc) is 3.56. The van der Waals surface area contributed by atoms with Gasteiger partial charge in [0.25, 0.3) is 11.5 Å². The fourth-order valence-corrected chi connectivity index (χ4v) is 5.78. The zero-order valence-electron chi connectivity index (χ0n) is 18.8. The van der Waals surface area contributed by atoms with Crippen LogP contribution in [0.3, 0.4) is 0 Å². The van der Waals surface area contributed by atoms with Crippen LogP contribution < -0.4 is 15.6 Å². The van der Waals surface area contributed by atoms with Crippen LogP contribution >= 0.6 is 0 Å². The fourth-order valence-electron chi connectivity index (χ4n) is 4.08. The minimum absolute atomic E-state index is 0.0515. The van der Waals surface area contributed by atoms with E-state index in [9.17, 15) is 18.0 Å². The van der Waals surface area contributed by atoms with Crippen molar-refractivity contribution in [1.82, 2.24) is 24.1 Å². The molecule has 1 fully saturated rings. The molecule has 5 rings (SSSR count). The first-order valence-electron chi connectivity index (χ1n) is 10.9. The van der Waals surface area contributed by atoms with Gasteiger partial charge in [0.15, 0.2) is 5.65 Å². The van der Waals surface area contributed by atoms with Crippen molar-refractivity contribution in [3.63, 3.8) is 0 Å². The highest BCUT2D eigenvalue weighted by molar-refractivity contribution is 7.89. The quantitative estimate of drug-likeness (QED) is 0.419. The summed E-state index contributed by atoms with van der Waals surface area (Å²) < 4.78 is 34.5. The van der Waals surface area contributed by atoms with Gasteiger partial charge in [-0.15, -0.1) is 0 Å². The number of benzene rings is 2. The van der Waals surface area contributed by atoms with Crippen LogP contribution in [0.4, 0.5) is 5.69 Å². The van der Waals surface area contributed by atoms with E-state index in [0.29, 0.717) is 35.5 Å². The van der Waals surface area contributed by atoms with Crippen LogP contribution in [0, 0.1) is 0 Å². The highest BCUT2D eigenvalue weighted by atomic mass is 32.2. The van der Waals surface area contributed by atoms with Gasteiger partial charge in [0, 0.05) is 18.7 Å². The second kappa shape index (κ2) is 8.96. The first-order valence-corrected chi connectivity index (χ1v) is 12.3. The van der Waals surface area contributed by atoms with Gasteiger partial charge in [-0.05, 0) is 43.2 Å². The van der Waals surface area contributed by atoms with Crippen LogP contribution in [0.5, 0.6) is 5.75 Å². The van der Waals surface area contributed by atoms with E-state index in [1.54, 1.807) is 24.3 Å². The SMILES string of the molecule is COc1ccc(C(=O)Nc2ccccc2-n2ncc3c(=O)[nH]cnc32)cc1S(=O)(=O)N1CCCC1. The van der Waals surface area contributed by atoms with Gasteiger partial charge >= 0.3 is 0 Å². The molecular formula is C23H22N6O5S. The van der Waals surface area contributed by atoms with Crippen molar-refractivity contribution in [2.24, 2.45) is 0 Å². The summed E-state index contributed by atoms with van der Waals surface area (Å²) in [5, 5.41) is 7.39. The Bertz CT molecular complexity index is 1590. The van der Waals surface area contributed by atoms with E-state index in [1.165, 1.54) is 46.8 Å². The van der Waals surface area contributed by atoms with Gasteiger partial charge in [-0.2, -0.15) is 9.40 Å². The first kappa shape index (κ1) is 22.7. The lowest BCUT2D eigenvalue weighted by molar-refractivity contribution is 0.102. The number of fused-ring (bicyclic) bond motifs is 1. The standard InChI is InChI=1S/C23H22N6O5S/c1-34-19-9-8-15(12-20(19)35(32,33)28-10-4-5-11-28)22(30)27-17-6-2-3-7-18(17)29-21-16(13-26-29)23(31)25-14-24-21/h2-3,6-9,12-14H,4-5,10-11H2,1H3,(H,27,30)(H,24,25,31). The molecule has 0 atom stereocenters. The molecule has 180 valence electrons. The van der Waals surface area contributed by atoms with Crippen molar-refractivity contribution in [1.29, 1.82) is 0 Å². The number of carbonyl (C=O) groups is 1. The predicted octanol–water partition coefficient (Wildman–Crippen LogP) is 2.15. The number of aromatic nitrogens is 4. The van der Waals surface area contributed by atoms with E-state index in [0.717, 1.165) is 12.8 Å². The lowest BCUT2D eigenvalue weighted by atomic mass is 10.2. The minimum atomic E-state index is -3.81.